The molecule has 2 unspecified atom stereocenters. The Hall–Kier alpha value is -2.91. The standard InChI is InChI=1S/C18H17N3O3/c1-18(2)16(12-4-3-5-13(9-12)21(23)24)20-15-7-6-11(10-19)8-14(15)17(18)22/h3-9,16-17,20,22H,1-2H3. The van der Waals surface area contributed by atoms with Gasteiger partial charge in [0.2, 0.25) is 0 Å². The summed E-state index contributed by atoms with van der Waals surface area (Å²) in [4.78, 5) is 10.6. The van der Waals surface area contributed by atoms with Crippen molar-refractivity contribution < 1.29 is 10.0 Å². The van der Waals surface area contributed by atoms with Crippen molar-refractivity contribution in [1.82, 2.24) is 0 Å². The van der Waals surface area contributed by atoms with Crippen LogP contribution in [0.3, 0.4) is 0 Å². The quantitative estimate of drug-likeness (QED) is 0.648. The molecule has 3 rings (SSSR count). The summed E-state index contributed by atoms with van der Waals surface area (Å²) in [6, 6.07) is 13.3. The van der Waals surface area contributed by atoms with Crippen LogP contribution in [0, 0.1) is 26.9 Å². The molecule has 1 aliphatic rings. The molecule has 0 fully saturated rings. The average molecular weight is 323 g/mol. The van der Waals surface area contributed by atoms with Gasteiger partial charge in [-0.1, -0.05) is 26.0 Å². The zero-order valence-electron chi connectivity index (χ0n) is 13.4. The van der Waals surface area contributed by atoms with Crippen molar-refractivity contribution >= 4 is 11.4 Å². The fourth-order valence-corrected chi connectivity index (χ4v) is 3.22. The molecule has 2 aromatic rings. The van der Waals surface area contributed by atoms with Crippen LogP contribution in [-0.2, 0) is 0 Å². The van der Waals surface area contributed by atoms with E-state index in [1.165, 1.54) is 12.1 Å². The summed E-state index contributed by atoms with van der Waals surface area (Å²) < 4.78 is 0. The number of nitrogens with zero attached hydrogens (tertiary/aromatic N) is 2. The first-order valence-electron chi connectivity index (χ1n) is 7.57. The molecule has 2 atom stereocenters. The second kappa shape index (κ2) is 5.62. The summed E-state index contributed by atoms with van der Waals surface area (Å²) in [5, 5.41) is 34.3. The van der Waals surface area contributed by atoms with E-state index in [9.17, 15) is 15.2 Å². The fraction of sp³-hybridized carbons (Fsp3) is 0.278. The Kier molecular flexibility index (Phi) is 3.74. The molecule has 2 aromatic carbocycles. The predicted molar refractivity (Wildman–Crippen MR) is 89.4 cm³/mol. The molecule has 0 saturated carbocycles. The van der Waals surface area contributed by atoms with Crippen molar-refractivity contribution in [2.45, 2.75) is 26.0 Å². The highest BCUT2D eigenvalue weighted by Crippen LogP contribution is 2.51. The van der Waals surface area contributed by atoms with Gasteiger partial charge in [0.15, 0.2) is 0 Å². The van der Waals surface area contributed by atoms with Crippen LogP contribution in [0.1, 0.15) is 42.7 Å². The maximum Gasteiger partial charge on any atom is 0.269 e. The number of nitro groups is 1. The van der Waals surface area contributed by atoms with E-state index in [4.69, 9.17) is 5.26 Å². The number of non-ortho nitro benzene ring substituents is 1. The Balaban J connectivity index is 2.08. The van der Waals surface area contributed by atoms with Crippen molar-refractivity contribution in [3.63, 3.8) is 0 Å². The maximum atomic E-state index is 11.0. The highest BCUT2D eigenvalue weighted by Gasteiger charge is 2.43. The van der Waals surface area contributed by atoms with Crippen LogP contribution >= 0.6 is 0 Å². The van der Waals surface area contributed by atoms with Crippen molar-refractivity contribution in [2.24, 2.45) is 5.41 Å². The molecule has 0 amide bonds. The van der Waals surface area contributed by atoms with E-state index in [1.807, 2.05) is 19.9 Å². The van der Waals surface area contributed by atoms with E-state index in [-0.39, 0.29) is 11.7 Å². The largest absolute Gasteiger partial charge is 0.388 e. The number of nitrogens with one attached hydrogen (secondary N) is 1. The van der Waals surface area contributed by atoms with Gasteiger partial charge in [-0.05, 0) is 23.8 Å². The number of fused-ring (bicyclic) bond motifs is 1. The summed E-state index contributed by atoms with van der Waals surface area (Å²) in [6.45, 7) is 3.80. The molecule has 0 saturated heterocycles. The minimum Gasteiger partial charge on any atom is -0.388 e. The van der Waals surface area contributed by atoms with Crippen LogP contribution in [0.4, 0.5) is 11.4 Å². The van der Waals surface area contributed by atoms with Crippen LogP contribution in [0.15, 0.2) is 42.5 Å². The lowest BCUT2D eigenvalue weighted by Gasteiger charge is -2.44. The van der Waals surface area contributed by atoms with Gasteiger partial charge >= 0.3 is 0 Å². The first-order valence-corrected chi connectivity index (χ1v) is 7.57. The van der Waals surface area contributed by atoms with Gasteiger partial charge in [0.25, 0.3) is 5.69 Å². The lowest BCUT2D eigenvalue weighted by atomic mass is 9.70. The van der Waals surface area contributed by atoms with Crippen LogP contribution < -0.4 is 5.32 Å². The van der Waals surface area contributed by atoms with Crippen molar-refractivity contribution in [2.75, 3.05) is 5.32 Å². The molecule has 0 aromatic heterocycles. The number of benzene rings is 2. The third-order valence-corrected chi connectivity index (χ3v) is 4.64. The topological polar surface area (TPSA) is 99.2 Å². The first kappa shape index (κ1) is 16.0. The minimum atomic E-state index is -0.800. The minimum absolute atomic E-state index is 0.0187. The molecule has 0 aliphatic carbocycles. The van der Waals surface area contributed by atoms with Gasteiger partial charge in [-0.15, -0.1) is 0 Å². The number of anilines is 1. The molecular formula is C18H17N3O3. The number of hydrogen-bond donors (Lipinski definition) is 2. The SMILES string of the molecule is CC1(C)C(O)c2cc(C#N)ccc2NC1c1cccc([N+](=O)[O-])c1. The second-order valence-electron chi connectivity index (χ2n) is 6.57. The Morgan fingerprint density at radius 2 is 2.04 bits per heavy atom. The fourth-order valence-electron chi connectivity index (χ4n) is 3.22. The third-order valence-electron chi connectivity index (χ3n) is 4.64. The summed E-state index contributed by atoms with van der Waals surface area (Å²) in [5.41, 5.74) is 2.03. The molecule has 2 N–H and O–H groups in total. The lowest BCUT2D eigenvalue weighted by Crippen LogP contribution is -2.38. The number of nitriles is 1. The third kappa shape index (κ3) is 2.49. The van der Waals surface area contributed by atoms with Crippen molar-refractivity contribution in [3.8, 4) is 6.07 Å². The van der Waals surface area contributed by atoms with E-state index in [2.05, 4.69) is 11.4 Å². The van der Waals surface area contributed by atoms with Gasteiger partial charge in [0, 0.05) is 28.8 Å². The Bertz CT molecular complexity index is 855. The number of nitro benzene ring substituents is 1. The zero-order valence-corrected chi connectivity index (χ0v) is 13.4. The van der Waals surface area contributed by atoms with Crippen LogP contribution in [0.25, 0.3) is 0 Å². The lowest BCUT2D eigenvalue weighted by molar-refractivity contribution is -0.384. The number of hydrogen-bond acceptors (Lipinski definition) is 5. The smallest absolute Gasteiger partial charge is 0.269 e. The molecule has 6 heteroatoms. The van der Waals surface area contributed by atoms with Crippen LogP contribution in [-0.4, -0.2) is 10.0 Å². The van der Waals surface area contributed by atoms with E-state index >= 15 is 0 Å². The molecule has 24 heavy (non-hydrogen) atoms. The van der Waals surface area contributed by atoms with Crippen LogP contribution in [0.2, 0.25) is 0 Å². The van der Waals surface area contributed by atoms with Gasteiger partial charge in [0.1, 0.15) is 0 Å². The van der Waals surface area contributed by atoms with E-state index in [0.717, 1.165) is 11.3 Å². The second-order valence-corrected chi connectivity index (χ2v) is 6.57. The molecule has 1 heterocycles. The van der Waals surface area contributed by atoms with Gasteiger partial charge in [0.05, 0.1) is 28.7 Å². The predicted octanol–water partition coefficient (Wildman–Crippen LogP) is 3.69. The molecule has 0 bridgehead atoms. The number of rotatable bonds is 2. The normalized spacial score (nSPS) is 21.2. The van der Waals surface area contributed by atoms with Gasteiger partial charge in [-0.3, -0.25) is 10.1 Å². The molecule has 122 valence electrons. The number of aliphatic hydroxyl groups is 1. The molecule has 0 radical (unpaired) electrons. The van der Waals surface area contributed by atoms with Gasteiger partial charge in [-0.2, -0.15) is 5.26 Å². The molecule has 6 nitrogen and oxygen atoms in total. The summed E-state index contributed by atoms with van der Waals surface area (Å²) >= 11 is 0. The number of aliphatic hydroxyl groups excluding tert-OH is 1. The Morgan fingerprint density at radius 3 is 2.71 bits per heavy atom. The monoisotopic (exact) mass is 323 g/mol. The maximum absolute atomic E-state index is 11.0. The van der Waals surface area contributed by atoms with Gasteiger partial charge < -0.3 is 10.4 Å². The first-order chi connectivity index (χ1) is 11.3. The Labute approximate surface area is 139 Å². The van der Waals surface area contributed by atoms with E-state index in [0.29, 0.717) is 11.1 Å². The average Bonchev–Trinajstić information content (AvgIpc) is 2.58. The Morgan fingerprint density at radius 1 is 1.29 bits per heavy atom. The van der Waals surface area contributed by atoms with E-state index < -0.39 is 16.4 Å². The molecule has 1 aliphatic heterocycles. The molecular weight excluding hydrogens is 306 g/mol. The summed E-state index contributed by atoms with van der Waals surface area (Å²) in [6.07, 6.45) is -0.800. The van der Waals surface area contributed by atoms with Crippen molar-refractivity contribution in [3.05, 3.63) is 69.3 Å². The summed E-state index contributed by atoms with van der Waals surface area (Å²) in [7, 11) is 0. The van der Waals surface area contributed by atoms with E-state index in [1.54, 1.807) is 24.3 Å². The van der Waals surface area contributed by atoms with Crippen LogP contribution in [0.5, 0.6) is 0 Å². The highest BCUT2D eigenvalue weighted by molar-refractivity contribution is 5.60. The van der Waals surface area contributed by atoms with Gasteiger partial charge in [-0.25, -0.2) is 0 Å². The zero-order chi connectivity index (χ0) is 17.5. The van der Waals surface area contributed by atoms with Crippen molar-refractivity contribution in [1.29, 1.82) is 5.26 Å². The summed E-state index contributed by atoms with van der Waals surface area (Å²) in [5.74, 6) is 0. The highest BCUT2D eigenvalue weighted by atomic mass is 16.6. The molecule has 0 spiro atoms.